The van der Waals surface area contributed by atoms with Crippen molar-refractivity contribution in [2.75, 3.05) is 46.6 Å². The Hall–Kier alpha value is -3.90. The minimum atomic E-state index is -1.44. The van der Waals surface area contributed by atoms with Gasteiger partial charge < -0.3 is 33.5 Å². The van der Waals surface area contributed by atoms with E-state index in [9.17, 15) is 9.59 Å². The SMILES string of the molecule is CCOc1ccccc1CN1C(=O)CSC1(c1c(OC)cccc1OC)C1(c2c(OC)cccc2OC)SCC(=O)N1Cc1ccc(Cl)cc1Cl. The molecule has 2 saturated heterocycles. The van der Waals surface area contributed by atoms with E-state index in [1.54, 1.807) is 45.5 Å². The Morgan fingerprint density at radius 2 is 1.08 bits per heavy atom. The molecule has 0 radical (unpaired) electrons. The van der Waals surface area contributed by atoms with Crippen LogP contribution in [0.4, 0.5) is 0 Å². The van der Waals surface area contributed by atoms with Crippen molar-refractivity contribution >= 4 is 58.5 Å². The molecule has 4 aromatic rings. The molecule has 9 nitrogen and oxygen atoms in total. The van der Waals surface area contributed by atoms with E-state index in [0.717, 1.165) is 5.56 Å². The average molecular weight is 770 g/mol. The molecule has 2 heterocycles. The van der Waals surface area contributed by atoms with E-state index in [0.29, 0.717) is 62.1 Å². The van der Waals surface area contributed by atoms with Crippen LogP contribution in [-0.2, 0) is 32.4 Å². The van der Waals surface area contributed by atoms with Gasteiger partial charge in [0.25, 0.3) is 0 Å². The van der Waals surface area contributed by atoms with Crippen LogP contribution >= 0.6 is 46.7 Å². The largest absolute Gasteiger partial charge is 0.496 e. The number of halogens is 2. The number of carbonyl (C=O) groups excluding carboxylic acids is 2. The van der Waals surface area contributed by atoms with Crippen molar-refractivity contribution in [1.82, 2.24) is 9.80 Å². The lowest BCUT2D eigenvalue weighted by atomic mass is 9.85. The number of amides is 2. The molecule has 0 spiro atoms. The van der Waals surface area contributed by atoms with Crippen molar-refractivity contribution in [3.8, 4) is 28.7 Å². The summed E-state index contributed by atoms with van der Waals surface area (Å²) in [6.07, 6.45) is 0. The minimum absolute atomic E-state index is 0.0698. The molecule has 268 valence electrons. The van der Waals surface area contributed by atoms with E-state index in [4.69, 9.17) is 46.9 Å². The second-order valence-corrected chi connectivity index (χ2v) is 14.9. The van der Waals surface area contributed by atoms with Crippen molar-refractivity contribution in [3.05, 3.63) is 111 Å². The van der Waals surface area contributed by atoms with Crippen molar-refractivity contribution in [1.29, 1.82) is 0 Å². The lowest BCUT2D eigenvalue weighted by Crippen LogP contribution is -2.61. The maximum Gasteiger partial charge on any atom is 0.234 e. The van der Waals surface area contributed by atoms with Crippen LogP contribution in [0.5, 0.6) is 28.7 Å². The molecule has 0 bridgehead atoms. The fraction of sp³-hybridized carbons (Fsp3) is 0.316. The van der Waals surface area contributed by atoms with Crippen LogP contribution in [0, 0.1) is 0 Å². The normalized spacial score (nSPS) is 20.1. The molecule has 0 aromatic heterocycles. The molecule has 13 heteroatoms. The zero-order chi connectivity index (χ0) is 36.3. The summed E-state index contributed by atoms with van der Waals surface area (Å²) in [5.41, 5.74) is 2.59. The van der Waals surface area contributed by atoms with E-state index >= 15 is 0 Å². The predicted molar refractivity (Wildman–Crippen MR) is 203 cm³/mol. The number of thioether (sulfide) groups is 2. The number of benzene rings is 4. The van der Waals surface area contributed by atoms with E-state index in [2.05, 4.69) is 0 Å². The van der Waals surface area contributed by atoms with Gasteiger partial charge in [-0.1, -0.05) is 59.6 Å². The Balaban J connectivity index is 1.78. The quantitative estimate of drug-likeness (QED) is 0.134. The highest BCUT2D eigenvalue weighted by atomic mass is 35.5. The number of rotatable bonds is 13. The zero-order valence-electron chi connectivity index (χ0n) is 28.9. The average Bonchev–Trinajstić information content (AvgIpc) is 3.65. The molecular weight excluding hydrogens is 731 g/mol. The van der Waals surface area contributed by atoms with Gasteiger partial charge in [-0.05, 0) is 55.0 Å². The molecule has 2 aliphatic heterocycles. The van der Waals surface area contributed by atoms with Gasteiger partial charge >= 0.3 is 0 Å². The molecule has 0 saturated carbocycles. The fourth-order valence-electron chi connectivity index (χ4n) is 7.00. The third kappa shape index (κ3) is 6.22. The molecule has 2 fully saturated rings. The summed E-state index contributed by atoms with van der Waals surface area (Å²) in [7, 11) is 6.31. The molecular formula is C38H38Cl2N2O7S2. The summed E-state index contributed by atoms with van der Waals surface area (Å²) in [5, 5.41) is 0.865. The fourth-order valence-corrected chi connectivity index (χ4v) is 11.0. The number of hydrogen-bond acceptors (Lipinski definition) is 9. The van der Waals surface area contributed by atoms with Gasteiger partial charge in [0.05, 0.1) is 64.2 Å². The van der Waals surface area contributed by atoms with Crippen LogP contribution in [-0.4, -0.2) is 68.2 Å². The number of methoxy groups -OCH3 is 4. The summed E-state index contributed by atoms with van der Waals surface area (Å²) < 4.78 is 30.5. The summed E-state index contributed by atoms with van der Waals surface area (Å²) >= 11 is 15.9. The van der Waals surface area contributed by atoms with Crippen LogP contribution in [0.2, 0.25) is 10.0 Å². The predicted octanol–water partition coefficient (Wildman–Crippen LogP) is 7.98. The van der Waals surface area contributed by atoms with E-state index in [1.807, 2.05) is 78.6 Å². The van der Waals surface area contributed by atoms with Gasteiger partial charge in [-0.25, -0.2) is 0 Å². The van der Waals surface area contributed by atoms with Gasteiger partial charge in [0.15, 0.2) is 9.74 Å². The highest BCUT2D eigenvalue weighted by molar-refractivity contribution is 8.05. The molecule has 4 aromatic carbocycles. The van der Waals surface area contributed by atoms with Gasteiger partial charge in [-0.3, -0.25) is 9.59 Å². The Morgan fingerprint density at radius 1 is 0.627 bits per heavy atom. The molecule has 0 aliphatic carbocycles. The van der Waals surface area contributed by atoms with Crippen molar-refractivity contribution in [2.24, 2.45) is 0 Å². The van der Waals surface area contributed by atoms with Gasteiger partial charge in [0.2, 0.25) is 11.8 Å². The van der Waals surface area contributed by atoms with Crippen molar-refractivity contribution < 1.29 is 33.3 Å². The first-order chi connectivity index (χ1) is 24.7. The van der Waals surface area contributed by atoms with Gasteiger partial charge in [0.1, 0.15) is 28.7 Å². The van der Waals surface area contributed by atoms with E-state index in [-0.39, 0.29) is 36.4 Å². The second-order valence-electron chi connectivity index (χ2n) is 11.7. The number of para-hydroxylation sites is 1. The smallest absolute Gasteiger partial charge is 0.234 e. The number of hydrogen-bond donors (Lipinski definition) is 0. The first-order valence-corrected chi connectivity index (χ1v) is 18.9. The molecule has 2 amide bonds. The lowest BCUT2D eigenvalue weighted by Gasteiger charge is -2.54. The summed E-state index contributed by atoms with van der Waals surface area (Å²) in [4.78, 5) is 30.0. The minimum Gasteiger partial charge on any atom is -0.496 e. The Kier molecular flexibility index (Phi) is 11.1. The molecule has 2 atom stereocenters. The maximum absolute atomic E-state index is 14.7. The summed E-state index contributed by atoms with van der Waals surface area (Å²) in [6, 6.07) is 23.9. The first kappa shape index (κ1) is 36.9. The van der Waals surface area contributed by atoms with E-state index in [1.165, 1.54) is 23.5 Å². The van der Waals surface area contributed by atoms with Crippen LogP contribution in [0.25, 0.3) is 0 Å². The molecule has 2 unspecified atom stereocenters. The highest BCUT2D eigenvalue weighted by Gasteiger charge is 2.71. The van der Waals surface area contributed by atoms with Gasteiger partial charge in [0, 0.05) is 22.2 Å². The third-order valence-electron chi connectivity index (χ3n) is 9.11. The number of carbonyl (C=O) groups is 2. The zero-order valence-corrected chi connectivity index (χ0v) is 32.0. The molecule has 2 aliphatic rings. The van der Waals surface area contributed by atoms with Crippen molar-refractivity contribution in [2.45, 2.75) is 29.8 Å². The van der Waals surface area contributed by atoms with Crippen LogP contribution in [0.1, 0.15) is 29.2 Å². The first-order valence-electron chi connectivity index (χ1n) is 16.2. The second kappa shape index (κ2) is 15.4. The highest BCUT2D eigenvalue weighted by Crippen LogP contribution is 2.70. The molecule has 0 N–H and O–H groups in total. The van der Waals surface area contributed by atoms with Crippen molar-refractivity contribution in [3.63, 3.8) is 0 Å². The third-order valence-corrected chi connectivity index (χ3v) is 12.9. The van der Waals surface area contributed by atoms with Gasteiger partial charge in [-0.2, -0.15) is 0 Å². The topological polar surface area (TPSA) is 86.8 Å². The monoisotopic (exact) mass is 768 g/mol. The lowest BCUT2D eigenvalue weighted by molar-refractivity contribution is -0.141. The summed E-state index contributed by atoms with van der Waals surface area (Å²) in [6.45, 7) is 2.56. The number of nitrogens with zero attached hydrogens (tertiary/aromatic N) is 2. The van der Waals surface area contributed by atoms with Crippen LogP contribution in [0.3, 0.4) is 0 Å². The molecule has 6 rings (SSSR count). The molecule has 51 heavy (non-hydrogen) atoms. The maximum atomic E-state index is 14.7. The van der Waals surface area contributed by atoms with E-state index < -0.39 is 9.74 Å². The van der Waals surface area contributed by atoms with Gasteiger partial charge in [-0.15, -0.1) is 23.5 Å². The Morgan fingerprint density at radius 3 is 1.53 bits per heavy atom. The standard InChI is InChI=1S/C38H38Cl2N2O7S2/c1-6-49-28-12-8-7-11-25(28)21-42-34(44)23-51-38(42,36-31(47-4)15-10-16-32(36)48-5)37(35-29(45-2)13-9-14-30(35)46-3)41(33(43)22-50-37)20-24-17-18-26(39)19-27(24)40/h7-19H,6,20-23H2,1-5H3. The Bertz CT molecular complexity index is 1900. The summed E-state index contributed by atoms with van der Waals surface area (Å²) in [5.74, 6) is 2.34. The Labute approximate surface area is 316 Å². The van der Waals surface area contributed by atoms with Crippen LogP contribution in [0.15, 0.2) is 78.9 Å². The number of ether oxygens (including phenoxy) is 5. The van der Waals surface area contributed by atoms with Crippen LogP contribution < -0.4 is 23.7 Å².